The van der Waals surface area contributed by atoms with Gasteiger partial charge in [-0.15, -0.1) is 0 Å². The van der Waals surface area contributed by atoms with Gasteiger partial charge in [-0.1, -0.05) is 13.8 Å². The van der Waals surface area contributed by atoms with Crippen LogP contribution >= 0.6 is 0 Å². The van der Waals surface area contributed by atoms with Gasteiger partial charge in [0.15, 0.2) is 0 Å². The third-order valence-corrected chi connectivity index (χ3v) is 3.64. The number of carboxylic acid groups (broad SMARTS) is 1. The Labute approximate surface area is 111 Å². The largest absolute Gasteiger partial charge is 0.481 e. The number of carboxylic acids is 1. The SMILES string of the molecule is CCC(N)C(C)(CC(=O)O)c1cc(F)c(C)cc1F. The smallest absolute Gasteiger partial charge is 0.304 e. The van der Waals surface area contributed by atoms with E-state index in [0.717, 1.165) is 12.1 Å². The second-order valence-electron chi connectivity index (χ2n) is 5.08. The molecule has 0 spiro atoms. The number of benzene rings is 1. The number of aryl methyl sites for hydroxylation is 1. The fourth-order valence-corrected chi connectivity index (χ4v) is 2.27. The Hall–Kier alpha value is -1.49. The molecule has 0 heterocycles. The zero-order valence-electron chi connectivity index (χ0n) is 11.3. The van der Waals surface area contributed by atoms with Crippen molar-refractivity contribution >= 4 is 5.97 Å². The third-order valence-electron chi connectivity index (χ3n) is 3.64. The van der Waals surface area contributed by atoms with Crippen LogP contribution in [0.1, 0.15) is 37.8 Å². The summed E-state index contributed by atoms with van der Waals surface area (Å²) in [5.74, 6) is -2.27. The Bertz CT molecular complexity index is 491. The lowest BCUT2D eigenvalue weighted by Gasteiger charge is -2.34. The van der Waals surface area contributed by atoms with E-state index < -0.39 is 29.1 Å². The molecule has 1 aromatic rings. The van der Waals surface area contributed by atoms with Crippen molar-refractivity contribution in [1.29, 1.82) is 0 Å². The molecule has 0 aliphatic heterocycles. The summed E-state index contributed by atoms with van der Waals surface area (Å²) in [6.07, 6.45) is 0.125. The number of nitrogens with two attached hydrogens (primary N) is 1. The lowest BCUT2D eigenvalue weighted by Crippen LogP contribution is -2.45. The van der Waals surface area contributed by atoms with Crippen molar-refractivity contribution in [3.8, 4) is 0 Å². The minimum absolute atomic E-state index is 0.0207. The first-order valence-corrected chi connectivity index (χ1v) is 6.15. The molecule has 106 valence electrons. The molecular weight excluding hydrogens is 252 g/mol. The van der Waals surface area contributed by atoms with Crippen molar-refractivity contribution in [3.63, 3.8) is 0 Å². The van der Waals surface area contributed by atoms with Crippen molar-refractivity contribution in [1.82, 2.24) is 0 Å². The molecule has 0 saturated carbocycles. The van der Waals surface area contributed by atoms with Gasteiger partial charge in [0, 0.05) is 11.5 Å². The predicted molar refractivity (Wildman–Crippen MR) is 69.0 cm³/mol. The fraction of sp³-hybridized carbons (Fsp3) is 0.500. The molecule has 1 aromatic carbocycles. The van der Waals surface area contributed by atoms with E-state index in [1.165, 1.54) is 6.92 Å². The zero-order valence-corrected chi connectivity index (χ0v) is 11.3. The Balaban J connectivity index is 3.40. The van der Waals surface area contributed by atoms with Crippen LogP contribution in [0, 0.1) is 18.6 Å². The summed E-state index contributed by atoms with van der Waals surface area (Å²) in [6.45, 7) is 4.80. The van der Waals surface area contributed by atoms with Crippen molar-refractivity contribution in [3.05, 3.63) is 34.9 Å². The van der Waals surface area contributed by atoms with E-state index in [-0.39, 0.29) is 17.5 Å². The highest BCUT2D eigenvalue weighted by Gasteiger charge is 2.37. The number of aliphatic carboxylic acids is 1. The maximum atomic E-state index is 14.1. The molecule has 5 heteroatoms. The monoisotopic (exact) mass is 271 g/mol. The predicted octanol–water partition coefficient (Wildman–Crippen LogP) is 2.74. The van der Waals surface area contributed by atoms with Crippen LogP contribution in [0.15, 0.2) is 12.1 Å². The van der Waals surface area contributed by atoms with Crippen molar-refractivity contribution < 1.29 is 18.7 Å². The number of halogens is 2. The molecule has 0 aliphatic rings. The van der Waals surface area contributed by atoms with E-state index in [0.29, 0.717) is 6.42 Å². The lowest BCUT2D eigenvalue weighted by molar-refractivity contribution is -0.138. The normalized spacial score (nSPS) is 15.9. The molecular formula is C14H19F2NO2. The molecule has 3 N–H and O–H groups in total. The van der Waals surface area contributed by atoms with E-state index in [1.54, 1.807) is 13.8 Å². The van der Waals surface area contributed by atoms with Crippen LogP contribution in [-0.2, 0) is 10.2 Å². The minimum atomic E-state index is -1.14. The lowest BCUT2D eigenvalue weighted by atomic mass is 9.72. The topological polar surface area (TPSA) is 63.3 Å². The van der Waals surface area contributed by atoms with Crippen LogP contribution in [-0.4, -0.2) is 17.1 Å². The molecule has 0 aliphatic carbocycles. The van der Waals surface area contributed by atoms with Gasteiger partial charge in [0.2, 0.25) is 0 Å². The first kappa shape index (κ1) is 15.6. The van der Waals surface area contributed by atoms with Gasteiger partial charge in [0.25, 0.3) is 0 Å². The van der Waals surface area contributed by atoms with Crippen LogP contribution < -0.4 is 5.73 Å². The van der Waals surface area contributed by atoms with Crippen LogP contribution in [0.25, 0.3) is 0 Å². The van der Waals surface area contributed by atoms with Crippen molar-refractivity contribution in [2.75, 3.05) is 0 Å². The molecule has 0 fully saturated rings. The van der Waals surface area contributed by atoms with Gasteiger partial charge >= 0.3 is 5.97 Å². The van der Waals surface area contributed by atoms with Gasteiger partial charge in [-0.2, -0.15) is 0 Å². The standard InChI is InChI=1S/C14H19F2NO2/c1-4-12(17)14(3,7-13(18)19)9-6-10(15)8(2)5-11(9)16/h5-6,12H,4,7,17H2,1-3H3,(H,18,19). The summed E-state index contributed by atoms with van der Waals surface area (Å²) in [7, 11) is 0. The molecule has 3 nitrogen and oxygen atoms in total. The minimum Gasteiger partial charge on any atom is -0.481 e. The number of carbonyl (C=O) groups is 1. The maximum absolute atomic E-state index is 14.1. The number of hydrogen-bond donors (Lipinski definition) is 2. The number of rotatable bonds is 5. The third kappa shape index (κ3) is 3.10. The van der Waals surface area contributed by atoms with Gasteiger partial charge in [0.05, 0.1) is 6.42 Å². The highest BCUT2D eigenvalue weighted by atomic mass is 19.1. The molecule has 2 unspecified atom stereocenters. The van der Waals surface area contributed by atoms with Gasteiger partial charge in [-0.25, -0.2) is 8.78 Å². The molecule has 0 aromatic heterocycles. The summed E-state index contributed by atoms with van der Waals surface area (Å²) < 4.78 is 27.7. The van der Waals surface area contributed by atoms with Gasteiger partial charge in [-0.3, -0.25) is 4.79 Å². The van der Waals surface area contributed by atoms with Gasteiger partial charge in [0.1, 0.15) is 11.6 Å². The zero-order chi connectivity index (χ0) is 14.8. The van der Waals surface area contributed by atoms with E-state index in [4.69, 9.17) is 10.8 Å². The average Bonchev–Trinajstić information content (AvgIpc) is 2.31. The van der Waals surface area contributed by atoms with Crippen molar-refractivity contribution in [2.24, 2.45) is 5.73 Å². The van der Waals surface area contributed by atoms with Crippen LogP contribution in [0.4, 0.5) is 8.78 Å². The molecule has 2 atom stereocenters. The Morgan fingerprint density at radius 3 is 2.47 bits per heavy atom. The fourth-order valence-electron chi connectivity index (χ4n) is 2.27. The molecule has 1 rings (SSSR count). The first-order valence-electron chi connectivity index (χ1n) is 6.15. The summed E-state index contributed by atoms with van der Waals surface area (Å²) in [6, 6.07) is 1.57. The molecule has 19 heavy (non-hydrogen) atoms. The molecule has 0 bridgehead atoms. The van der Waals surface area contributed by atoms with Crippen molar-refractivity contribution in [2.45, 2.75) is 45.1 Å². The second kappa shape index (κ2) is 5.65. The van der Waals surface area contributed by atoms with Crippen LogP contribution in [0.3, 0.4) is 0 Å². The van der Waals surface area contributed by atoms with Crippen LogP contribution in [0.5, 0.6) is 0 Å². The highest BCUT2D eigenvalue weighted by molar-refractivity contribution is 5.69. The van der Waals surface area contributed by atoms with Crippen LogP contribution in [0.2, 0.25) is 0 Å². The van der Waals surface area contributed by atoms with E-state index in [1.807, 2.05) is 0 Å². The highest BCUT2D eigenvalue weighted by Crippen LogP contribution is 2.35. The average molecular weight is 271 g/mol. The van der Waals surface area contributed by atoms with E-state index in [2.05, 4.69) is 0 Å². The van der Waals surface area contributed by atoms with E-state index >= 15 is 0 Å². The Kier molecular flexibility index (Phi) is 4.63. The molecule has 0 radical (unpaired) electrons. The Morgan fingerprint density at radius 2 is 2.00 bits per heavy atom. The molecule has 0 saturated heterocycles. The Morgan fingerprint density at radius 1 is 1.42 bits per heavy atom. The maximum Gasteiger partial charge on any atom is 0.304 e. The van der Waals surface area contributed by atoms with Gasteiger partial charge < -0.3 is 10.8 Å². The second-order valence-corrected chi connectivity index (χ2v) is 5.08. The van der Waals surface area contributed by atoms with E-state index in [9.17, 15) is 13.6 Å². The summed E-state index contributed by atoms with van der Waals surface area (Å²) >= 11 is 0. The quantitative estimate of drug-likeness (QED) is 0.865. The number of hydrogen-bond acceptors (Lipinski definition) is 2. The summed E-state index contributed by atoms with van der Waals surface area (Å²) in [5.41, 5.74) is 5.00. The summed E-state index contributed by atoms with van der Waals surface area (Å²) in [4.78, 5) is 11.0. The first-order chi connectivity index (χ1) is 8.72. The summed E-state index contributed by atoms with van der Waals surface area (Å²) in [5, 5.41) is 9.00. The van der Waals surface area contributed by atoms with Gasteiger partial charge in [-0.05, 0) is 36.6 Å². The molecule has 0 amide bonds.